The maximum Gasteiger partial charge on any atom is 0.417 e. The third-order valence-corrected chi connectivity index (χ3v) is 8.36. The predicted octanol–water partition coefficient (Wildman–Crippen LogP) is 5.20. The lowest BCUT2D eigenvalue weighted by molar-refractivity contribution is -0.140. The first-order chi connectivity index (χ1) is 14.5. The number of nitrogens with one attached hydrogen (secondary N) is 1. The minimum Gasteiger partial charge on any atom is -0.301 e. The van der Waals surface area contributed by atoms with E-state index in [9.17, 15) is 26.4 Å². The van der Waals surface area contributed by atoms with E-state index in [2.05, 4.69) is 10.3 Å². The van der Waals surface area contributed by atoms with Crippen LogP contribution >= 0.6 is 11.3 Å². The minimum atomic E-state index is -4.81. The zero-order valence-corrected chi connectivity index (χ0v) is 18.6. The molecule has 168 valence electrons. The van der Waals surface area contributed by atoms with Gasteiger partial charge < -0.3 is 5.32 Å². The second-order valence-electron chi connectivity index (χ2n) is 8.48. The molecule has 2 aromatic rings. The lowest BCUT2D eigenvalue weighted by Gasteiger charge is -2.26. The highest BCUT2D eigenvalue weighted by atomic mass is 32.2. The number of benzene rings is 1. The maximum atomic E-state index is 13.8. The average Bonchev–Trinajstić information content (AvgIpc) is 3.28. The van der Waals surface area contributed by atoms with Gasteiger partial charge in [-0.1, -0.05) is 38.2 Å². The molecule has 2 fully saturated rings. The molecule has 0 spiro atoms. The topological polar surface area (TPSA) is 80.5 Å². The van der Waals surface area contributed by atoms with Crippen molar-refractivity contribution in [1.29, 1.82) is 0 Å². The summed E-state index contributed by atoms with van der Waals surface area (Å²) in [6, 6.07) is 3.36. The van der Waals surface area contributed by atoms with Gasteiger partial charge in [-0.25, -0.2) is 9.19 Å². The zero-order chi connectivity index (χ0) is 22.4. The van der Waals surface area contributed by atoms with Crippen molar-refractivity contribution in [3.63, 3.8) is 0 Å². The van der Waals surface area contributed by atoms with Crippen molar-refractivity contribution in [2.24, 2.45) is 11.8 Å². The molecule has 1 heterocycles. The summed E-state index contributed by atoms with van der Waals surface area (Å²) in [5, 5.41) is 4.89. The molecule has 1 unspecified atom stereocenters. The molecule has 4 rings (SSSR count). The lowest BCUT2D eigenvalue weighted by Crippen LogP contribution is -2.32. The molecule has 0 saturated heterocycles. The minimum absolute atomic E-state index is 0.0557. The van der Waals surface area contributed by atoms with Gasteiger partial charge in [0.1, 0.15) is 4.90 Å². The Kier molecular flexibility index (Phi) is 5.66. The Morgan fingerprint density at radius 3 is 2.58 bits per heavy atom. The van der Waals surface area contributed by atoms with Gasteiger partial charge in [0.05, 0.1) is 17.2 Å². The third kappa shape index (κ3) is 4.24. The Labute approximate surface area is 183 Å². The van der Waals surface area contributed by atoms with Gasteiger partial charge in [0.2, 0.25) is 5.91 Å². The van der Waals surface area contributed by atoms with Crippen LogP contribution in [-0.4, -0.2) is 25.6 Å². The lowest BCUT2D eigenvalue weighted by atomic mass is 9.80. The van der Waals surface area contributed by atoms with Crippen molar-refractivity contribution in [3.8, 4) is 0 Å². The zero-order valence-electron chi connectivity index (χ0n) is 16.9. The van der Waals surface area contributed by atoms with Crippen molar-refractivity contribution in [2.45, 2.75) is 55.0 Å². The van der Waals surface area contributed by atoms with Crippen LogP contribution < -0.4 is 5.32 Å². The summed E-state index contributed by atoms with van der Waals surface area (Å²) < 4.78 is 63.2. The molecule has 2 aliphatic carbocycles. The fourth-order valence-corrected chi connectivity index (χ4v) is 6.40. The number of amides is 1. The van der Waals surface area contributed by atoms with E-state index in [0.29, 0.717) is 11.6 Å². The predicted molar refractivity (Wildman–Crippen MR) is 113 cm³/mol. The van der Waals surface area contributed by atoms with Crippen molar-refractivity contribution in [2.75, 3.05) is 11.6 Å². The quantitative estimate of drug-likeness (QED) is 0.606. The summed E-state index contributed by atoms with van der Waals surface area (Å²) in [6.45, 7) is 0. The van der Waals surface area contributed by atoms with Crippen LogP contribution in [0.2, 0.25) is 0 Å². The highest BCUT2D eigenvalue weighted by Crippen LogP contribution is 2.61. The Balaban J connectivity index is 1.78. The van der Waals surface area contributed by atoms with Gasteiger partial charge in [0.25, 0.3) is 0 Å². The van der Waals surface area contributed by atoms with Crippen LogP contribution in [0.3, 0.4) is 0 Å². The molecule has 1 amide bonds. The average molecular weight is 474 g/mol. The highest BCUT2D eigenvalue weighted by Gasteiger charge is 2.63. The number of anilines is 1. The molecule has 3 atom stereocenters. The first-order valence-electron chi connectivity index (χ1n) is 10.2. The summed E-state index contributed by atoms with van der Waals surface area (Å²) in [7, 11) is -3.83. The van der Waals surface area contributed by atoms with Gasteiger partial charge in [-0.15, -0.1) is 11.3 Å². The van der Waals surface area contributed by atoms with Crippen LogP contribution in [0, 0.1) is 11.8 Å². The summed E-state index contributed by atoms with van der Waals surface area (Å²) in [5.41, 5.74) is -2.00. The molecule has 2 aliphatic rings. The van der Waals surface area contributed by atoms with E-state index in [-0.39, 0.29) is 23.3 Å². The van der Waals surface area contributed by atoms with Crippen LogP contribution in [0.25, 0.3) is 0 Å². The van der Waals surface area contributed by atoms with Crippen LogP contribution in [0.1, 0.15) is 49.7 Å². The van der Waals surface area contributed by atoms with Crippen LogP contribution in [0.5, 0.6) is 0 Å². The molecule has 1 aromatic carbocycles. The van der Waals surface area contributed by atoms with Crippen molar-refractivity contribution >= 4 is 32.2 Å². The Morgan fingerprint density at radius 1 is 1.29 bits per heavy atom. The van der Waals surface area contributed by atoms with Crippen molar-refractivity contribution < 1.29 is 26.4 Å². The third-order valence-electron chi connectivity index (χ3n) is 6.50. The van der Waals surface area contributed by atoms with Crippen molar-refractivity contribution in [3.05, 3.63) is 40.9 Å². The SMILES string of the molecule is CS(=O)(=[OH+])c1ccc([C@@]2(C(=O)Nc3nccs3)C[C@H]2C2CCCCC2)cc1C(F)(F)F. The second-order valence-corrected chi connectivity index (χ2v) is 11.4. The van der Waals surface area contributed by atoms with E-state index in [1.807, 2.05) is 0 Å². The first-order valence-corrected chi connectivity index (χ1v) is 13.0. The van der Waals surface area contributed by atoms with E-state index in [1.165, 1.54) is 17.4 Å². The highest BCUT2D eigenvalue weighted by molar-refractivity contribution is 7.90. The molecule has 31 heavy (non-hydrogen) atoms. The van der Waals surface area contributed by atoms with Crippen molar-refractivity contribution in [1.82, 2.24) is 4.98 Å². The van der Waals surface area contributed by atoms with Gasteiger partial charge in [-0.05, 0) is 36.0 Å². The molecule has 10 heteroatoms. The standard InChI is InChI=1S/C21H23F3N2O3S2/c1-31(28,29)17-8-7-14(11-15(17)21(22,23)24)20(18(27)26-19-25-9-10-30-19)12-16(20)13-5-3-2-4-6-13/h7-11,13,16H,2-6,12H2,1H3,(H,25,26,27)/p+1/t16-,20-/m0/s1. The first kappa shape index (κ1) is 22.3. The largest absolute Gasteiger partial charge is 0.417 e. The fraction of sp³-hybridized carbons (Fsp3) is 0.524. The molecule has 0 bridgehead atoms. The van der Waals surface area contributed by atoms with Gasteiger partial charge in [-0.3, -0.25) is 4.79 Å². The number of thiazole rings is 1. The van der Waals surface area contributed by atoms with Gasteiger partial charge in [0, 0.05) is 11.6 Å². The van der Waals surface area contributed by atoms with Gasteiger partial charge in [0.15, 0.2) is 5.13 Å². The number of halogens is 3. The Hall–Kier alpha value is -1.94. The van der Waals surface area contributed by atoms with E-state index in [0.717, 1.165) is 50.5 Å². The molecule has 5 nitrogen and oxygen atoms in total. The molecule has 1 aromatic heterocycles. The molecule has 2 saturated carbocycles. The molecule has 2 N–H and O–H groups in total. The van der Waals surface area contributed by atoms with E-state index >= 15 is 0 Å². The number of rotatable bonds is 5. The Morgan fingerprint density at radius 2 is 2.00 bits per heavy atom. The number of carbonyl (C=O) groups is 1. The smallest absolute Gasteiger partial charge is 0.301 e. The number of nitrogens with zero attached hydrogens (tertiary/aromatic N) is 1. The number of hydrogen-bond acceptors (Lipinski definition) is 4. The normalized spacial score (nSPS) is 26.3. The summed E-state index contributed by atoms with van der Waals surface area (Å²) in [5.74, 6) is -0.141. The fourth-order valence-electron chi connectivity index (χ4n) is 4.97. The van der Waals surface area contributed by atoms with Gasteiger partial charge >= 0.3 is 16.0 Å². The van der Waals surface area contributed by atoms with E-state index in [4.69, 9.17) is 0 Å². The monoisotopic (exact) mass is 473 g/mol. The molecule has 0 aliphatic heterocycles. The summed E-state index contributed by atoms with van der Waals surface area (Å²) in [6.07, 6.45) is 3.23. The maximum absolute atomic E-state index is 13.8. The number of alkyl halides is 3. The number of carbonyl (C=O) groups excluding carboxylic acids is 1. The number of hydrogen-bond donors (Lipinski definition) is 1. The molecule has 0 radical (unpaired) electrons. The van der Waals surface area contributed by atoms with E-state index in [1.54, 1.807) is 11.6 Å². The van der Waals surface area contributed by atoms with Crippen LogP contribution in [0.15, 0.2) is 34.7 Å². The summed E-state index contributed by atoms with van der Waals surface area (Å²) in [4.78, 5) is 16.8. The van der Waals surface area contributed by atoms with Crippen LogP contribution in [0.4, 0.5) is 18.3 Å². The van der Waals surface area contributed by atoms with E-state index < -0.39 is 31.9 Å². The number of aromatic nitrogens is 1. The molecular formula is C21H24F3N2O3S2+. The Bertz CT molecular complexity index is 1080. The van der Waals surface area contributed by atoms with Gasteiger partial charge in [-0.2, -0.15) is 17.4 Å². The second kappa shape index (κ2) is 7.88. The molecular weight excluding hydrogens is 449 g/mol. The van der Waals surface area contributed by atoms with Crippen LogP contribution in [-0.2, 0) is 26.2 Å². The summed E-state index contributed by atoms with van der Waals surface area (Å²) >= 11 is 1.25.